The molecule has 0 saturated carbocycles. The van der Waals surface area contributed by atoms with Crippen LogP contribution in [0.2, 0.25) is 10.0 Å². The first kappa shape index (κ1) is 17.6. The molecule has 0 bridgehead atoms. The molecule has 1 aliphatic heterocycles. The van der Waals surface area contributed by atoms with Crippen molar-refractivity contribution in [2.45, 2.75) is 33.1 Å². The van der Waals surface area contributed by atoms with Crippen LogP contribution in [-0.2, 0) is 6.42 Å². The third-order valence-electron chi connectivity index (χ3n) is 5.31. The Labute approximate surface area is 163 Å². The zero-order valence-corrected chi connectivity index (χ0v) is 16.6. The van der Waals surface area contributed by atoms with Crippen LogP contribution in [0.5, 0.6) is 0 Å². The monoisotopic (exact) mass is 388 g/mol. The summed E-state index contributed by atoms with van der Waals surface area (Å²) in [7, 11) is 0. The second-order valence-electron chi connectivity index (χ2n) is 7.72. The maximum absolute atomic E-state index is 6.35. The number of benzene rings is 1. The molecule has 1 aliphatic rings. The maximum Gasteiger partial charge on any atom is 0.154 e. The van der Waals surface area contributed by atoms with Crippen LogP contribution in [0.25, 0.3) is 5.52 Å². The lowest BCUT2D eigenvalue weighted by molar-refractivity contribution is 0.279. The van der Waals surface area contributed by atoms with Crippen LogP contribution in [0.15, 0.2) is 36.8 Å². The van der Waals surface area contributed by atoms with Gasteiger partial charge in [-0.15, -0.1) is 0 Å². The summed E-state index contributed by atoms with van der Waals surface area (Å²) < 4.78 is 2.11. The van der Waals surface area contributed by atoms with Crippen LogP contribution in [0.3, 0.4) is 0 Å². The van der Waals surface area contributed by atoms with Crippen LogP contribution in [0.1, 0.15) is 38.1 Å². The molecule has 2 aromatic heterocycles. The van der Waals surface area contributed by atoms with Crippen molar-refractivity contribution in [1.29, 1.82) is 0 Å². The van der Waals surface area contributed by atoms with E-state index in [0.29, 0.717) is 21.9 Å². The molecule has 4 nitrogen and oxygen atoms in total. The fourth-order valence-electron chi connectivity index (χ4n) is 3.52. The Balaban J connectivity index is 1.66. The van der Waals surface area contributed by atoms with Gasteiger partial charge in [-0.25, -0.2) is 9.97 Å². The Hall–Kier alpha value is -1.78. The minimum Gasteiger partial charge on any atom is -0.355 e. The first-order chi connectivity index (χ1) is 12.4. The van der Waals surface area contributed by atoms with E-state index in [9.17, 15) is 0 Å². The Bertz CT molecular complexity index is 938. The molecule has 1 fully saturated rings. The van der Waals surface area contributed by atoms with E-state index in [2.05, 4.69) is 33.1 Å². The first-order valence-corrected chi connectivity index (χ1v) is 9.69. The Kier molecular flexibility index (Phi) is 4.57. The topological polar surface area (TPSA) is 33.4 Å². The van der Waals surface area contributed by atoms with Crippen molar-refractivity contribution in [3.05, 3.63) is 58.2 Å². The van der Waals surface area contributed by atoms with Gasteiger partial charge in [-0.05, 0) is 29.9 Å². The van der Waals surface area contributed by atoms with Gasteiger partial charge in [0.05, 0.1) is 16.2 Å². The highest BCUT2D eigenvalue weighted by molar-refractivity contribution is 6.42. The fourth-order valence-corrected chi connectivity index (χ4v) is 3.91. The molecule has 0 unspecified atom stereocenters. The Morgan fingerprint density at radius 1 is 1.12 bits per heavy atom. The summed E-state index contributed by atoms with van der Waals surface area (Å²) in [4.78, 5) is 11.7. The van der Waals surface area contributed by atoms with Gasteiger partial charge >= 0.3 is 0 Å². The SMILES string of the molecule is CC1(C)CCN(c2nccn3c(Cc4cccc(Cl)c4Cl)ncc23)CC1. The number of aromatic nitrogens is 3. The van der Waals surface area contributed by atoms with Crippen LogP contribution >= 0.6 is 23.2 Å². The molecule has 4 rings (SSSR count). The van der Waals surface area contributed by atoms with Crippen LogP contribution in [0, 0.1) is 5.41 Å². The van der Waals surface area contributed by atoms with Crippen molar-refractivity contribution in [3.63, 3.8) is 0 Å². The highest BCUT2D eigenvalue weighted by Crippen LogP contribution is 2.33. The summed E-state index contributed by atoms with van der Waals surface area (Å²) in [6.45, 7) is 6.73. The molecule has 136 valence electrons. The number of hydrogen-bond acceptors (Lipinski definition) is 3. The number of anilines is 1. The molecule has 0 aliphatic carbocycles. The third kappa shape index (κ3) is 3.28. The molecular weight excluding hydrogens is 367 g/mol. The molecule has 0 spiro atoms. The van der Waals surface area contributed by atoms with E-state index in [-0.39, 0.29) is 0 Å². The number of halogens is 2. The Morgan fingerprint density at radius 2 is 1.88 bits per heavy atom. The van der Waals surface area contributed by atoms with Gasteiger partial charge < -0.3 is 4.90 Å². The zero-order valence-electron chi connectivity index (χ0n) is 15.0. The molecule has 26 heavy (non-hydrogen) atoms. The molecule has 1 saturated heterocycles. The van der Waals surface area contributed by atoms with Crippen molar-refractivity contribution in [2.24, 2.45) is 5.41 Å². The first-order valence-electron chi connectivity index (χ1n) is 8.93. The smallest absolute Gasteiger partial charge is 0.154 e. The average Bonchev–Trinajstić information content (AvgIpc) is 3.02. The minimum absolute atomic E-state index is 0.413. The molecule has 0 radical (unpaired) electrons. The summed E-state index contributed by atoms with van der Waals surface area (Å²) >= 11 is 12.5. The Morgan fingerprint density at radius 3 is 2.65 bits per heavy atom. The largest absolute Gasteiger partial charge is 0.355 e. The van der Waals surface area contributed by atoms with Crippen molar-refractivity contribution in [2.75, 3.05) is 18.0 Å². The zero-order chi connectivity index (χ0) is 18.3. The highest BCUT2D eigenvalue weighted by atomic mass is 35.5. The predicted octanol–water partition coefficient (Wildman–Crippen LogP) is 5.25. The van der Waals surface area contributed by atoms with E-state index in [1.54, 1.807) is 6.07 Å². The van der Waals surface area contributed by atoms with Gasteiger partial charge in [0, 0.05) is 31.9 Å². The number of rotatable bonds is 3. The van der Waals surface area contributed by atoms with E-state index < -0.39 is 0 Å². The lowest BCUT2D eigenvalue weighted by Crippen LogP contribution is -2.37. The second kappa shape index (κ2) is 6.75. The van der Waals surface area contributed by atoms with E-state index >= 15 is 0 Å². The van der Waals surface area contributed by atoms with Gasteiger partial charge in [0.15, 0.2) is 5.82 Å². The third-order valence-corrected chi connectivity index (χ3v) is 6.17. The second-order valence-corrected chi connectivity index (χ2v) is 8.51. The molecule has 0 N–H and O–H groups in total. The van der Waals surface area contributed by atoms with E-state index in [4.69, 9.17) is 23.2 Å². The predicted molar refractivity (Wildman–Crippen MR) is 107 cm³/mol. The van der Waals surface area contributed by atoms with E-state index in [0.717, 1.165) is 35.8 Å². The maximum atomic E-state index is 6.35. The fraction of sp³-hybridized carbons (Fsp3) is 0.400. The van der Waals surface area contributed by atoms with Gasteiger partial charge in [-0.3, -0.25) is 4.40 Å². The van der Waals surface area contributed by atoms with Crippen LogP contribution < -0.4 is 4.90 Å². The van der Waals surface area contributed by atoms with E-state index in [1.807, 2.05) is 30.7 Å². The highest BCUT2D eigenvalue weighted by Gasteiger charge is 2.27. The summed E-state index contributed by atoms with van der Waals surface area (Å²) in [5, 5.41) is 1.17. The van der Waals surface area contributed by atoms with Gasteiger partial charge in [0.2, 0.25) is 0 Å². The molecule has 0 amide bonds. The summed E-state index contributed by atoms with van der Waals surface area (Å²) in [5.74, 6) is 1.95. The van der Waals surface area contributed by atoms with Crippen molar-refractivity contribution < 1.29 is 0 Å². The van der Waals surface area contributed by atoms with Crippen LogP contribution in [-0.4, -0.2) is 27.5 Å². The van der Waals surface area contributed by atoms with Gasteiger partial charge in [0.1, 0.15) is 11.3 Å². The molecule has 3 aromatic rings. The van der Waals surface area contributed by atoms with Crippen molar-refractivity contribution in [1.82, 2.24) is 14.4 Å². The number of hydrogen-bond donors (Lipinski definition) is 0. The van der Waals surface area contributed by atoms with Crippen LogP contribution in [0.4, 0.5) is 5.82 Å². The number of fused-ring (bicyclic) bond motifs is 1. The summed E-state index contributed by atoms with van der Waals surface area (Å²) in [5.41, 5.74) is 2.43. The van der Waals surface area contributed by atoms with E-state index in [1.165, 1.54) is 12.8 Å². The summed E-state index contributed by atoms with van der Waals surface area (Å²) in [6.07, 6.45) is 8.71. The van der Waals surface area contributed by atoms with Gasteiger partial charge in [-0.2, -0.15) is 0 Å². The lowest BCUT2D eigenvalue weighted by atomic mass is 9.83. The normalized spacial score (nSPS) is 17.0. The standard InChI is InChI=1S/C20H22Cl2N4/c1-20(2)6-9-25(10-7-20)19-16-13-24-17(26(16)11-8-23-19)12-14-4-3-5-15(21)18(14)22/h3-5,8,11,13H,6-7,9-10,12H2,1-2H3. The molecule has 3 heterocycles. The van der Waals surface area contributed by atoms with Gasteiger partial charge in [-0.1, -0.05) is 49.2 Å². The molecular formula is C20H22Cl2N4. The number of imidazole rings is 1. The van der Waals surface area contributed by atoms with Crippen molar-refractivity contribution in [3.8, 4) is 0 Å². The molecule has 0 atom stereocenters. The van der Waals surface area contributed by atoms with Gasteiger partial charge in [0.25, 0.3) is 0 Å². The number of piperidine rings is 1. The number of nitrogens with zero attached hydrogens (tertiary/aromatic N) is 4. The lowest BCUT2D eigenvalue weighted by Gasteiger charge is -2.37. The average molecular weight is 389 g/mol. The minimum atomic E-state index is 0.413. The molecule has 1 aromatic carbocycles. The molecule has 6 heteroatoms. The summed E-state index contributed by atoms with van der Waals surface area (Å²) in [6, 6.07) is 5.71. The van der Waals surface area contributed by atoms with Crippen molar-refractivity contribution >= 4 is 34.5 Å². The quantitative estimate of drug-likeness (QED) is 0.613.